The molecule has 4 N–H and O–H groups in total. The maximum Gasteiger partial charge on any atom is 0.320 e. The van der Waals surface area contributed by atoms with Crippen molar-refractivity contribution >= 4 is 36.4 Å². The zero-order chi connectivity index (χ0) is 17.8. The highest BCUT2D eigenvalue weighted by atomic mass is 32.1. The molecule has 0 radical (unpaired) electrons. The fourth-order valence-electron chi connectivity index (χ4n) is 1.97. The third-order valence-corrected chi connectivity index (χ3v) is 3.19. The predicted octanol–water partition coefficient (Wildman–Crippen LogP) is -0.483. The van der Waals surface area contributed by atoms with Gasteiger partial charge in [-0.1, -0.05) is 0 Å². The van der Waals surface area contributed by atoms with E-state index in [0.29, 0.717) is 31.6 Å². The molecule has 0 bridgehead atoms. The van der Waals surface area contributed by atoms with Crippen molar-refractivity contribution < 1.29 is 34.5 Å². The highest BCUT2D eigenvalue weighted by molar-refractivity contribution is 7.80. The molecule has 0 aromatic heterocycles. The Morgan fingerprint density at radius 1 is 1.00 bits per heavy atom. The minimum absolute atomic E-state index is 0.0956. The number of hydrogen-bond donors (Lipinski definition) is 5. The first-order chi connectivity index (χ1) is 10.8. The van der Waals surface area contributed by atoms with Crippen molar-refractivity contribution in [2.24, 2.45) is 0 Å². The largest absolute Gasteiger partial charge is 0.480 e. The molecule has 132 valence electrons. The molecule has 0 saturated carbocycles. The van der Waals surface area contributed by atoms with Crippen molar-refractivity contribution in [3.63, 3.8) is 0 Å². The van der Waals surface area contributed by atoms with Crippen molar-refractivity contribution in [1.29, 1.82) is 0 Å². The molecular formula is C13H22N2O7S. The van der Waals surface area contributed by atoms with Gasteiger partial charge in [0.15, 0.2) is 0 Å². The smallest absolute Gasteiger partial charge is 0.320 e. The summed E-state index contributed by atoms with van der Waals surface area (Å²) in [5.74, 6) is -3.57. The third kappa shape index (κ3) is 10.5. The van der Waals surface area contributed by atoms with Crippen molar-refractivity contribution in [2.45, 2.75) is 31.7 Å². The van der Waals surface area contributed by atoms with Gasteiger partial charge in [-0.3, -0.25) is 24.1 Å². The van der Waals surface area contributed by atoms with Crippen LogP contribution in [-0.4, -0.2) is 75.5 Å². The molecule has 0 aliphatic carbocycles. The summed E-state index contributed by atoms with van der Waals surface area (Å²) >= 11 is 3.92. The Morgan fingerprint density at radius 2 is 1.57 bits per heavy atom. The van der Waals surface area contributed by atoms with Crippen LogP contribution in [0.3, 0.4) is 0 Å². The van der Waals surface area contributed by atoms with Gasteiger partial charge in [0, 0.05) is 13.0 Å². The molecule has 0 saturated heterocycles. The summed E-state index contributed by atoms with van der Waals surface area (Å²) in [7, 11) is 0. The average Bonchev–Trinajstić information content (AvgIpc) is 2.40. The number of carboxylic acid groups (broad SMARTS) is 3. The summed E-state index contributed by atoms with van der Waals surface area (Å²) in [5, 5.41) is 29.4. The van der Waals surface area contributed by atoms with Gasteiger partial charge in [-0.05, 0) is 25.0 Å². The maximum absolute atomic E-state index is 11.3. The second-order valence-electron chi connectivity index (χ2n) is 4.87. The molecule has 0 aliphatic rings. The van der Waals surface area contributed by atoms with E-state index in [0.717, 1.165) is 4.90 Å². The second-order valence-corrected chi connectivity index (χ2v) is 5.31. The van der Waals surface area contributed by atoms with E-state index in [1.807, 2.05) is 0 Å². The number of aliphatic carboxylic acids is 3. The molecular weight excluding hydrogens is 328 g/mol. The Hall–Kier alpha value is -1.81. The standard InChI is InChI=1S/C13H22N2O7S/c16-10(4-6-23)14-5-2-1-3-9(13(21)22)15(7-11(17)18)8-12(19)20/h9,23H,1-8H2,(H,14,16)(H,17,18)(H,19,20)(H,21,22)/t9-/m0/s1. The van der Waals surface area contributed by atoms with Crippen molar-refractivity contribution in [2.75, 3.05) is 25.4 Å². The van der Waals surface area contributed by atoms with E-state index >= 15 is 0 Å². The number of nitrogens with one attached hydrogen (secondary N) is 1. The Morgan fingerprint density at radius 3 is 2.00 bits per heavy atom. The fraction of sp³-hybridized carbons (Fsp3) is 0.692. The summed E-state index contributed by atoms with van der Waals surface area (Å²) < 4.78 is 0. The van der Waals surface area contributed by atoms with Gasteiger partial charge >= 0.3 is 17.9 Å². The average molecular weight is 350 g/mol. The lowest BCUT2D eigenvalue weighted by Crippen LogP contribution is -2.46. The maximum atomic E-state index is 11.3. The Labute approximate surface area is 139 Å². The monoisotopic (exact) mass is 350 g/mol. The minimum atomic E-state index is -1.29. The predicted molar refractivity (Wildman–Crippen MR) is 83.6 cm³/mol. The van der Waals surface area contributed by atoms with Crippen LogP contribution in [0.5, 0.6) is 0 Å². The van der Waals surface area contributed by atoms with Gasteiger partial charge in [0.25, 0.3) is 0 Å². The van der Waals surface area contributed by atoms with E-state index in [1.165, 1.54) is 0 Å². The lowest BCUT2D eigenvalue weighted by atomic mass is 10.1. The van der Waals surface area contributed by atoms with E-state index in [1.54, 1.807) is 0 Å². The van der Waals surface area contributed by atoms with Crippen molar-refractivity contribution in [1.82, 2.24) is 10.2 Å². The molecule has 1 atom stereocenters. The van der Waals surface area contributed by atoms with Crippen molar-refractivity contribution in [3.05, 3.63) is 0 Å². The first-order valence-electron chi connectivity index (χ1n) is 7.06. The molecule has 0 aromatic rings. The van der Waals surface area contributed by atoms with Gasteiger partial charge in [-0.25, -0.2) is 0 Å². The number of unbranched alkanes of at least 4 members (excludes halogenated alkanes) is 1. The topological polar surface area (TPSA) is 144 Å². The molecule has 0 spiro atoms. The van der Waals surface area contributed by atoms with E-state index < -0.39 is 37.0 Å². The zero-order valence-electron chi connectivity index (χ0n) is 12.6. The first-order valence-corrected chi connectivity index (χ1v) is 7.69. The van der Waals surface area contributed by atoms with Crippen LogP contribution in [0, 0.1) is 0 Å². The van der Waals surface area contributed by atoms with Crippen LogP contribution in [0.25, 0.3) is 0 Å². The summed E-state index contributed by atoms with van der Waals surface area (Å²) in [6.45, 7) is -0.958. The highest BCUT2D eigenvalue weighted by Gasteiger charge is 2.28. The van der Waals surface area contributed by atoms with Crippen LogP contribution >= 0.6 is 12.6 Å². The Balaban J connectivity index is 4.41. The van der Waals surface area contributed by atoms with Gasteiger partial charge < -0.3 is 20.6 Å². The van der Waals surface area contributed by atoms with E-state index in [9.17, 15) is 24.3 Å². The number of thiol groups is 1. The molecule has 0 aliphatic heterocycles. The Kier molecular flexibility index (Phi) is 10.8. The highest BCUT2D eigenvalue weighted by Crippen LogP contribution is 2.09. The van der Waals surface area contributed by atoms with Crippen LogP contribution < -0.4 is 5.32 Å². The number of amides is 1. The normalized spacial score (nSPS) is 11.9. The number of nitrogens with zero attached hydrogens (tertiary/aromatic N) is 1. The lowest BCUT2D eigenvalue weighted by molar-refractivity contribution is -0.149. The third-order valence-electron chi connectivity index (χ3n) is 2.97. The van der Waals surface area contributed by atoms with Crippen LogP contribution in [0.1, 0.15) is 25.7 Å². The van der Waals surface area contributed by atoms with Gasteiger partial charge in [0.2, 0.25) is 5.91 Å². The number of carbonyl (C=O) groups excluding carboxylic acids is 1. The fourth-order valence-corrected chi connectivity index (χ4v) is 2.17. The Bertz CT molecular complexity index is 415. The lowest BCUT2D eigenvalue weighted by Gasteiger charge is -2.25. The SMILES string of the molecule is O=C(O)CN(CC(=O)O)[C@@H](CCCCNC(=O)CCS)C(=O)O. The summed E-state index contributed by atoms with van der Waals surface area (Å²) in [4.78, 5) is 44.9. The van der Waals surface area contributed by atoms with Crippen LogP contribution in [0.2, 0.25) is 0 Å². The molecule has 9 nitrogen and oxygen atoms in total. The van der Waals surface area contributed by atoms with Gasteiger partial charge in [-0.2, -0.15) is 12.6 Å². The second kappa shape index (κ2) is 11.7. The summed E-state index contributed by atoms with van der Waals surface area (Å²) in [5.41, 5.74) is 0. The summed E-state index contributed by atoms with van der Waals surface area (Å²) in [6, 6.07) is -1.20. The molecule has 0 unspecified atom stereocenters. The van der Waals surface area contributed by atoms with Crippen LogP contribution in [-0.2, 0) is 19.2 Å². The van der Waals surface area contributed by atoms with E-state index in [2.05, 4.69) is 17.9 Å². The van der Waals surface area contributed by atoms with Gasteiger partial charge in [-0.15, -0.1) is 0 Å². The van der Waals surface area contributed by atoms with E-state index in [-0.39, 0.29) is 12.3 Å². The van der Waals surface area contributed by atoms with Crippen LogP contribution in [0.4, 0.5) is 0 Å². The number of carboxylic acids is 3. The molecule has 23 heavy (non-hydrogen) atoms. The molecule has 0 rings (SSSR count). The molecule has 0 aromatic carbocycles. The molecule has 0 fully saturated rings. The number of rotatable bonds is 13. The first kappa shape index (κ1) is 21.2. The molecule has 10 heteroatoms. The zero-order valence-corrected chi connectivity index (χ0v) is 13.5. The quantitative estimate of drug-likeness (QED) is 0.221. The summed E-state index contributed by atoms with van der Waals surface area (Å²) in [6.07, 6.45) is 1.31. The molecule has 0 heterocycles. The number of carbonyl (C=O) groups is 4. The van der Waals surface area contributed by atoms with Gasteiger partial charge in [0.1, 0.15) is 6.04 Å². The van der Waals surface area contributed by atoms with E-state index in [4.69, 9.17) is 10.2 Å². The van der Waals surface area contributed by atoms with Crippen molar-refractivity contribution in [3.8, 4) is 0 Å². The van der Waals surface area contributed by atoms with Crippen LogP contribution in [0.15, 0.2) is 0 Å². The minimum Gasteiger partial charge on any atom is -0.480 e. The number of hydrogen-bond acceptors (Lipinski definition) is 6. The molecule has 1 amide bonds. The van der Waals surface area contributed by atoms with Gasteiger partial charge in [0.05, 0.1) is 13.1 Å².